The molecule has 1 unspecified atom stereocenters. The highest BCUT2D eigenvalue weighted by Crippen LogP contribution is 2.31. The lowest BCUT2D eigenvalue weighted by atomic mass is 10.1. The van der Waals surface area contributed by atoms with Crippen LogP contribution in [-0.4, -0.2) is 63.9 Å². The first-order valence-corrected chi connectivity index (χ1v) is 11.0. The lowest BCUT2D eigenvalue weighted by Crippen LogP contribution is -2.50. The minimum absolute atomic E-state index is 0.152. The Morgan fingerprint density at radius 3 is 2.63 bits per heavy atom. The first-order chi connectivity index (χ1) is 13.0. The number of aromatic nitrogens is 2. The molecule has 1 aromatic heterocycles. The second kappa shape index (κ2) is 9.03. The molecule has 0 radical (unpaired) electrons. The highest BCUT2D eigenvalue weighted by Gasteiger charge is 2.26. The number of carbonyl (C=O) groups is 1. The van der Waals surface area contributed by atoms with Crippen LogP contribution >= 0.6 is 23.1 Å². The van der Waals surface area contributed by atoms with Crippen molar-refractivity contribution < 1.29 is 4.79 Å². The Morgan fingerprint density at radius 2 is 1.96 bits per heavy atom. The topological polar surface area (TPSA) is 61.4 Å². The Hall–Kier alpha value is -1.64. The van der Waals surface area contributed by atoms with Crippen LogP contribution in [0.15, 0.2) is 22.5 Å². The number of aryl methyl sites for hydroxylation is 2. The predicted octanol–water partition coefficient (Wildman–Crippen LogP) is 3.54. The molecule has 1 saturated heterocycles. The molecule has 3 rings (SSSR count). The fraction of sp³-hybridized carbons (Fsp3) is 0.526. The van der Waals surface area contributed by atoms with Crippen molar-refractivity contribution >= 4 is 39.8 Å². The molecule has 2 heterocycles. The fourth-order valence-corrected chi connectivity index (χ4v) is 4.99. The zero-order valence-electron chi connectivity index (χ0n) is 16.4. The van der Waals surface area contributed by atoms with Crippen molar-refractivity contribution in [3.05, 3.63) is 29.3 Å². The number of nitrogens with one attached hydrogen (secondary N) is 1. The van der Waals surface area contributed by atoms with E-state index in [1.54, 1.807) is 0 Å². The fourth-order valence-electron chi connectivity index (χ4n) is 2.99. The highest BCUT2D eigenvalue weighted by atomic mass is 32.2. The van der Waals surface area contributed by atoms with Crippen LogP contribution in [-0.2, 0) is 4.79 Å². The van der Waals surface area contributed by atoms with Gasteiger partial charge in [-0.3, -0.25) is 4.79 Å². The number of carbonyl (C=O) groups excluding carboxylic acids is 1. The van der Waals surface area contributed by atoms with Gasteiger partial charge >= 0.3 is 0 Å². The van der Waals surface area contributed by atoms with E-state index in [2.05, 4.69) is 53.3 Å². The van der Waals surface area contributed by atoms with Crippen LogP contribution in [0.5, 0.6) is 0 Å². The van der Waals surface area contributed by atoms with E-state index in [9.17, 15) is 4.79 Å². The number of hydrogen-bond donors (Lipinski definition) is 1. The lowest BCUT2D eigenvalue weighted by molar-refractivity contribution is -0.132. The second-order valence-corrected chi connectivity index (χ2v) is 9.38. The monoisotopic (exact) mass is 405 g/mol. The van der Waals surface area contributed by atoms with Crippen LogP contribution in [0.4, 0.5) is 10.8 Å². The van der Waals surface area contributed by atoms with E-state index in [1.165, 1.54) is 34.2 Å². The minimum atomic E-state index is -0.152. The summed E-state index contributed by atoms with van der Waals surface area (Å²) in [4.78, 5) is 17.0. The molecule has 0 saturated carbocycles. The Morgan fingerprint density at radius 1 is 1.22 bits per heavy atom. The molecule has 0 bridgehead atoms. The smallest absolute Gasteiger partial charge is 0.235 e. The third-order valence-electron chi connectivity index (χ3n) is 4.92. The normalized spacial score (nSPS) is 16.4. The number of nitrogens with zero attached hydrogens (tertiary/aromatic N) is 4. The molecule has 27 heavy (non-hydrogen) atoms. The molecule has 1 fully saturated rings. The van der Waals surface area contributed by atoms with Crippen molar-refractivity contribution in [2.24, 2.45) is 0 Å². The third-order valence-corrected chi connectivity index (χ3v) is 6.93. The van der Waals surface area contributed by atoms with E-state index in [4.69, 9.17) is 0 Å². The van der Waals surface area contributed by atoms with E-state index < -0.39 is 0 Å². The van der Waals surface area contributed by atoms with Gasteiger partial charge in [-0.1, -0.05) is 36.1 Å². The summed E-state index contributed by atoms with van der Waals surface area (Å²) in [6.07, 6.45) is 0. The number of thioether (sulfide) groups is 1. The molecule has 1 aliphatic rings. The molecule has 0 spiro atoms. The summed E-state index contributed by atoms with van der Waals surface area (Å²) in [5.41, 5.74) is 3.51. The summed E-state index contributed by atoms with van der Waals surface area (Å²) in [6, 6.07) is 6.23. The van der Waals surface area contributed by atoms with Crippen molar-refractivity contribution in [1.29, 1.82) is 0 Å². The zero-order chi connectivity index (χ0) is 19.4. The van der Waals surface area contributed by atoms with Gasteiger partial charge in [-0.05, 0) is 50.6 Å². The number of anilines is 2. The molecule has 146 valence electrons. The Kier molecular flexibility index (Phi) is 6.73. The number of amides is 1. The van der Waals surface area contributed by atoms with Gasteiger partial charge in [0.2, 0.25) is 11.0 Å². The average molecular weight is 406 g/mol. The van der Waals surface area contributed by atoms with Crippen LogP contribution in [0, 0.1) is 13.8 Å². The summed E-state index contributed by atoms with van der Waals surface area (Å²) >= 11 is 2.97. The van der Waals surface area contributed by atoms with Gasteiger partial charge in [-0.25, -0.2) is 0 Å². The van der Waals surface area contributed by atoms with Crippen molar-refractivity contribution in [1.82, 2.24) is 20.0 Å². The van der Waals surface area contributed by atoms with Crippen LogP contribution in [0.1, 0.15) is 25.0 Å². The SMILES string of the molecule is CCN1CCN(C(=O)C(C)Sc2nnc(Nc3ccc(C)c(C)c3)s2)CC1. The van der Waals surface area contributed by atoms with E-state index in [0.29, 0.717) is 0 Å². The number of likely N-dealkylation sites (N-methyl/N-ethyl adjacent to an activating group) is 1. The first-order valence-electron chi connectivity index (χ1n) is 9.32. The maximum atomic E-state index is 12.7. The molecule has 1 atom stereocenters. The molecule has 1 aromatic carbocycles. The van der Waals surface area contributed by atoms with Gasteiger partial charge in [0.15, 0.2) is 4.34 Å². The van der Waals surface area contributed by atoms with Crippen molar-refractivity contribution in [2.75, 3.05) is 38.0 Å². The largest absolute Gasteiger partial charge is 0.339 e. The van der Waals surface area contributed by atoms with Crippen LogP contribution in [0.2, 0.25) is 0 Å². The maximum Gasteiger partial charge on any atom is 0.235 e. The van der Waals surface area contributed by atoms with E-state index in [-0.39, 0.29) is 11.2 Å². The number of rotatable bonds is 6. The maximum absolute atomic E-state index is 12.7. The van der Waals surface area contributed by atoms with Gasteiger partial charge in [-0.15, -0.1) is 10.2 Å². The van der Waals surface area contributed by atoms with E-state index in [1.807, 2.05) is 17.9 Å². The summed E-state index contributed by atoms with van der Waals surface area (Å²) in [5.74, 6) is 0.189. The van der Waals surface area contributed by atoms with E-state index >= 15 is 0 Å². The molecule has 1 N–H and O–H groups in total. The van der Waals surface area contributed by atoms with Gasteiger partial charge in [0, 0.05) is 31.9 Å². The van der Waals surface area contributed by atoms with Crippen molar-refractivity contribution in [3.63, 3.8) is 0 Å². The molecular formula is C19H27N5OS2. The molecule has 8 heteroatoms. The molecule has 0 aliphatic carbocycles. The highest BCUT2D eigenvalue weighted by molar-refractivity contribution is 8.02. The van der Waals surface area contributed by atoms with Crippen molar-refractivity contribution in [3.8, 4) is 0 Å². The second-order valence-electron chi connectivity index (χ2n) is 6.82. The van der Waals surface area contributed by atoms with Crippen LogP contribution < -0.4 is 5.32 Å². The lowest BCUT2D eigenvalue weighted by Gasteiger charge is -2.35. The first kappa shape index (κ1) is 20.1. The average Bonchev–Trinajstić information content (AvgIpc) is 3.11. The van der Waals surface area contributed by atoms with E-state index in [0.717, 1.165) is 47.9 Å². The standard InChI is InChI=1S/C19H27N5OS2/c1-5-23-8-10-24(11-9-23)17(25)15(4)26-19-22-21-18(27-19)20-16-7-6-13(2)14(3)12-16/h6-7,12,15H,5,8-11H2,1-4H3,(H,20,21). The Labute approximate surface area is 169 Å². The number of piperazine rings is 1. The Bertz CT molecular complexity index is 786. The molecule has 2 aromatic rings. The third kappa shape index (κ3) is 5.21. The predicted molar refractivity (Wildman–Crippen MR) is 113 cm³/mol. The van der Waals surface area contributed by atoms with Gasteiger partial charge in [0.1, 0.15) is 0 Å². The molecule has 1 aliphatic heterocycles. The number of hydrogen-bond acceptors (Lipinski definition) is 7. The minimum Gasteiger partial charge on any atom is -0.339 e. The van der Waals surface area contributed by atoms with Gasteiger partial charge in [0.25, 0.3) is 0 Å². The number of benzene rings is 1. The van der Waals surface area contributed by atoms with Gasteiger partial charge in [-0.2, -0.15) is 0 Å². The molecule has 6 nitrogen and oxygen atoms in total. The summed E-state index contributed by atoms with van der Waals surface area (Å²) < 4.78 is 0.814. The molecular weight excluding hydrogens is 378 g/mol. The quantitative estimate of drug-likeness (QED) is 0.742. The zero-order valence-corrected chi connectivity index (χ0v) is 18.0. The summed E-state index contributed by atoms with van der Waals surface area (Å²) in [7, 11) is 0. The Balaban J connectivity index is 1.55. The summed E-state index contributed by atoms with van der Waals surface area (Å²) in [5, 5.41) is 12.3. The summed E-state index contributed by atoms with van der Waals surface area (Å²) in [6.45, 7) is 12.9. The molecule has 1 amide bonds. The van der Waals surface area contributed by atoms with Crippen LogP contribution in [0.25, 0.3) is 0 Å². The van der Waals surface area contributed by atoms with Gasteiger partial charge < -0.3 is 15.1 Å². The van der Waals surface area contributed by atoms with Crippen LogP contribution in [0.3, 0.4) is 0 Å². The van der Waals surface area contributed by atoms with Gasteiger partial charge in [0.05, 0.1) is 5.25 Å². The van der Waals surface area contributed by atoms with Crippen molar-refractivity contribution in [2.45, 2.75) is 37.3 Å².